The quantitative estimate of drug-likeness (QED) is 0.739. The van der Waals surface area contributed by atoms with Crippen molar-refractivity contribution in [1.82, 2.24) is 15.3 Å². The molecule has 0 fully saturated rings. The Morgan fingerprint density at radius 1 is 1.39 bits per heavy atom. The van der Waals surface area contributed by atoms with Crippen LogP contribution in [-0.2, 0) is 10.2 Å². The first-order chi connectivity index (χ1) is 8.32. The lowest BCUT2D eigenvalue weighted by molar-refractivity contribution is -0.119. The second-order valence-electron chi connectivity index (χ2n) is 5.06. The molecular weight excluding hydrogens is 230 g/mol. The number of carbonyl (C=O) groups excluding carboxylic acids is 1. The van der Waals surface area contributed by atoms with E-state index in [-0.39, 0.29) is 17.9 Å². The van der Waals surface area contributed by atoms with Gasteiger partial charge in [-0.25, -0.2) is 9.97 Å². The molecule has 18 heavy (non-hydrogen) atoms. The lowest BCUT2D eigenvalue weighted by Crippen LogP contribution is -2.30. The SMILES string of the molecule is CCNC(=O)CNc1cc(N)nc(C(C)(C)C)n1. The maximum atomic E-state index is 11.3. The van der Waals surface area contributed by atoms with Crippen LogP contribution in [0.3, 0.4) is 0 Å². The minimum Gasteiger partial charge on any atom is -0.384 e. The van der Waals surface area contributed by atoms with Crippen molar-refractivity contribution in [3.8, 4) is 0 Å². The van der Waals surface area contributed by atoms with Gasteiger partial charge in [0.1, 0.15) is 17.5 Å². The molecule has 0 saturated heterocycles. The summed E-state index contributed by atoms with van der Waals surface area (Å²) in [5, 5.41) is 5.64. The summed E-state index contributed by atoms with van der Waals surface area (Å²) in [7, 11) is 0. The van der Waals surface area contributed by atoms with E-state index in [4.69, 9.17) is 5.73 Å². The van der Waals surface area contributed by atoms with Gasteiger partial charge < -0.3 is 16.4 Å². The van der Waals surface area contributed by atoms with Crippen LogP contribution in [0, 0.1) is 0 Å². The minimum absolute atomic E-state index is 0.0769. The molecule has 0 radical (unpaired) electrons. The Hall–Kier alpha value is -1.85. The van der Waals surface area contributed by atoms with Crippen LogP contribution in [0.15, 0.2) is 6.07 Å². The minimum atomic E-state index is -0.183. The van der Waals surface area contributed by atoms with E-state index in [0.717, 1.165) is 0 Å². The third-order valence-corrected chi connectivity index (χ3v) is 2.22. The van der Waals surface area contributed by atoms with Crippen LogP contribution < -0.4 is 16.4 Å². The Morgan fingerprint density at radius 3 is 2.61 bits per heavy atom. The monoisotopic (exact) mass is 251 g/mol. The zero-order valence-corrected chi connectivity index (χ0v) is 11.4. The first kappa shape index (κ1) is 14.2. The van der Waals surface area contributed by atoms with Gasteiger partial charge in [-0.05, 0) is 6.92 Å². The summed E-state index contributed by atoms with van der Waals surface area (Å²) >= 11 is 0. The summed E-state index contributed by atoms with van der Waals surface area (Å²) in [4.78, 5) is 19.9. The standard InChI is InChI=1S/C12H21N5O/c1-5-14-10(18)7-15-9-6-8(13)16-11(17-9)12(2,3)4/h6H,5,7H2,1-4H3,(H,14,18)(H3,13,15,16,17). The van der Waals surface area contributed by atoms with Crippen molar-refractivity contribution >= 4 is 17.5 Å². The van der Waals surface area contributed by atoms with Crippen molar-refractivity contribution in [3.05, 3.63) is 11.9 Å². The highest BCUT2D eigenvalue weighted by molar-refractivity contribution is 5.80. The van der Waals surface area contributed by atoms with Crippen LogP contribution in [0.2, 0.25) is 0 Å². The molecule has 0 aliphatic carbocycles. The van der Waals surface area contributed by atoms with Crippen molar-refractivity contribution in [2.75, 3.05) is 24.1 Å². The van der Waals surface area contributed by atoms with Gasteiger partial charge in [-0.2, -0.15) is 0 Å². The molecule has 0 bridgehead atoms. The largest absolute Gasteiger partial charge is 0.384 e. The zero-order valence-electron chi connectivity index (χ0n) is 11.4. The molecular formula is C12H21N5O. The molecule has 0 aliphatic heterocycles. The van der Waals surface area contributed by atoms with Crippen LogP contribution >= 0.6 is 0 Å². The summed E-state index contributed by atoms with van der Waals surface area (Å²) in [6.07, 6.45) is 0. The van der Waals surface area contributed by atoms with E-state index in [1.165, 1.54) is 0 Å². The van der Waals surface area contributed by atoms with E-state index in [0.29, 0.717) is 24.0 Å². The molecule has 4 N–H and O–H groups in total. The van der Waals surface area contributed by atoms with E-state index < -0.39 is 0 Å². The molecule has 1 aromatic rings. The number of hydrogen-bond donors (Lipinski definition) is 3. The van der Waals surface area contributed by atoms with Crippen LogP contribution in [0.25, 0.3) is 0 Å². The van der Waals surface area contributed by atoms with E-state index in [9.17, 15) is 4.79 Å². The van der Waals surface area contributed by atoms with Gasteiger partial charge in [-0.1, -0.05) is 20.8 Å². The maximum Gasteiger partial charge on any atom is 0.239 e. The number of nitrogens with one attached hydrogen (secondary N) is 2. The second kappa shape index (κ2) is 5.66. The van der Waals surface area contributed by atoms with Crippen LogP contribution in [0.4, 0.5) is 11.6 Å². The van der Waals surface area contributed by atoms with E-state index in [1.54, 1.807) is 6.07 Å². The van der Waals surface area contributed by atoms with Crippen molar-refractivity contribution in [3.63, 3.8) is 0 Å². The first-order valence-electron chi connectivity index (χ1n) is 5.98. The predicted molar refractivity (Wildman–Crippen MR) is 72.3 cm³/mol. The smallest absolute Gasteiger partial charge is 0.239 e. The van der Waals surface area contributed by atoms with Crippen molar-refractivity contribution in [2.24, 2.45) is 0 Å². The molecule has 0 atom stereocenters. The molecule has 1 rings (SSSR count). The Labute approximate surface area is 107 Å². The summed E-state index contributed by atoms with van der Waals surface area (Å²) in [6.45, 7) is 8.69. The number of amides is 1. The average molecular weight is 251 g/mol. The predicted octanol–water partition coefficient (Wildman–Crippen LogP) is 0.904. The first-order valence-corrected chi connectivity index (χ1v) is 5.98. The molecule has 1 aromatic heterocycles. The number of carbonyl (C=O) groups is 1. The Kier molecular flexibility index (Phi) is 4.47. The number of nitrogen functional groups attached to an aromatic ring is 1. The molecule has 0 aromatic carbocycles. The Morgan fingerprint density at radius 2 is 2.06 bits per heavy atom. The number of likely N-dealkylation sites (N-methyl/N-ethyl adjacent to an activating group) is 1. The van der Waals surface area contributed by atoms with Gasteiger partial charge in [0, 0.05) is 18.0 Å². The lowest BCUT2D eigenvalue weighted by Gasteiger charge is -2.18. The van der Waals surface area contributed by atoms with Gasteiger partial charge in [0.25, 0.3) is 0 Å². The normalized spacial score (nSPS) is 11.1. The van der Waals surface area contributed by atoms with E-state index >= 15 is 0 Å². The van der Waals surface area contributed by atoms with Gasteiger partial charge in [0.2, 0.25) is 5.91 Å². The molecule has 1 amide bonds. The highest BCUT2D eigenvalue weighted by Crippen LogP contribution is 2.20. The number of anilines is 2. The molecule has 1 heterocycles. The highest BCUT2D eigenvalue weighted by atomic mass is 16.1. The molecule has 6 heteroatoms. The second-order valence-corrected chi connectivity index (χ2v) is 5.06. The fraction of sp³-hybridized carbons (Fsp3) is 0.583. The van der Waals surface area contributed by atoms with Crippen molar-refractivity contribution in [1.29, 1.82) is 0 Å². The summed E-state index contributed by atoms with van der Waals surface area (Å²) in [5.74, 6) is 1.54. The number of aromatic nitrogens is 2. The van der Waals surface area contributed by atoms with Crippen molar-refractivity contribution in [2.45, 2.75) is 33.1 Å². The third-order valence-electron chi connectivity index (χ3n) is 2.22. The van der Waals surface area contributed by atoms with Gasteiger partial charge in [-0.15, -0.1) is 0 Å². The van der Waals surface area contributed by atoms with E-state index in [1.807, 2.05) is 27.7 Å². The topological polar surface area (TPSA) is 92.9 Å². The summed E-state index contributed by atoms with van der Waals surface area (Å²) < 4.78 is 0. The lowest BCUT2D eigenvalue weighted by atomic mass is 9.96. The molecule has 100 valence electrons. The van der Waals surface area contributed by atoms with Crippen LogP contribution in [0.1, 0.15) is 33.5 Å². The Balaban J connectivity index is 2.78. The maximum absolute atomic E-state index is 11.3. The number of hydrogen-bond acceptors (Lipinski definition) is 5. The van der Waals surface area contributed by atoms with Gasteiger partial charge in [0.15, 0.2) is 0 Å². The molecule has 0 saturated carbocycles. The fourth-order valence-electron chi connectivity index (χ4n) is 1.32. The molecule has 0 unspecified atom stereocenters. The number of nitrogens with two attached hydrogens (primary N) is 1. The highest BCUT2D eigenvalue weighted by Gasteiger charge is 2.18. The average Bonchev–Trinajstić information content (AvgIpc) is 2.25. The summed E-state index contributed by atoms with van der Waals surface area (Å²) in [5.41, 5.74) is 5.55. The van der Waals surface area contributed by atoms with Crippen LogP contribution in [0.5, 0.6) is 0 Å². The number of rotatable bonds is 4. The van der Waals surface area contributed by atoms with Crippen LogP contribution in [-0.4, -0.2) is 29.0 Å². The van der Waals surface area contributed by atoms with Gasteiger partial charge >= 0.3 is 0 Å². The van der Waals surface area contributed by atoms with Gasteiger partial charge in [-0.3, -0.25) is 4.79 Å². The fourth-order valence-corrected chi connectivity index (χ4v) is 1.32. The molecule has 0 aliphatic rings. The zero-order chi connectivity index (χ0) is 13.8. The summed E-state index contributed by atoms with van der Waals surface area (Å²) in [6, 6.07) is 1.62. The molecule has 6 nitrogen and oxygen atoms in total. The van der Waals surface area contributed by atoms with Gasteiger partial charge in [0.05, 0.1) is 6.54 Å². The van der Waals surface area contributed by atoms with E-state index in [2.05, 4.69) is 20.6 Å². The Bertz CT molecular complexity index is 425. The number of nitrogens with zero attached hydrogens (tertiary/aromatic N) is 2. The van der Waals surface area contributed by atoms with Crippen molar-refractivity contribution < 1.29 is 4.79 Å². The third kappa shape index (κ3) is 4.20. The molecule has 0 spiro atoms.